The van der Waals surface area contributed by atoms with E-state index in [1.54, 1.807) is 20.2 Å². The molecule has 0 aliphatic heterocycles. The molecule has 1 rings (SSSR count). The van der Waals surface area contributed by atoms with Crippen molar-refractivity contribution in [3.05, 3.63) is 35.6 Å². The largest absolute Gasteiger partial charge is 0.383 e. The summed E-state index contributed by atoms with van der Waals surface area (Å²) in [5.41, 5.74) is 0.891. The number of methoxy groups -OCH3 is 1. The van der Waals surface area contributed by atoms with Crippen LogP contribution in [-0.2, 0) is 11.3 Å². The SMILES string of the molecule is CN=C(NCCCN(C)CCOC)NCc1cccc(F)c1. The number of rotatable bonds is 9. The van der Waals surface area contributed by atoms with E-state index in [1.807, 2.05) is 6.07 Å². The summed E-state index contributed by atoms with van der Waals surface area (Å²) in [7, 11) is 5.52. The highest BCUT2D eigenvalue weighted by Gasteiger charge is 2.01. The van der Waals surface area contributed by atoms with E-state index < -0.39 is 0 Å². The number of nitrogens with one attached hydrogen (secondary N) is 2. The van der Waals surface area contributed by atoms with Crippen molar-refractivity contribution >= 4 is 5.96 Å². The first-order valence-electron chi connectivity index (χ1n) is 7.52. The number of likely N-dealkylation sites (N-methyl/N-ethyl adjacent to an activating group) is 1. The molecular formula is C16H27FN4O. The van der Waals surface area contributed by atoms with E-state index >= 15 is 0 Å². The molecule has 0 saturated carbocycles. The molecule has 0 amide bonds. The normalized spacial score (nSPS) is 11.8. The lowest BCUT2D eigenvalue weighted by atomic mass is 10.2. The standard InChI is InChI=1S/C16H27FN4O/c1-18-16(19-8-5-9-21(2)10-11-22-3)20-13-14-6-4-7-15(17)12-14/h4,6-7,12H,5,8-11,13H2,1-3H3,(H2,18,19,20). The number of halogens is 1. The molecule has 22 heavy (non-hydrogen) atoms. The minimum atomic E-state index is -0.221. The van der Waals surface area contributed by atoms with Crippen molar-refractivity contribution in [3.8, 4) is 0 Å². The molecule has 0 aliphatic carbocycles. The van der Waals surface area contributed by atoms with Gasteiger partial charge in [-0.25, -0.2) is 4.39 Å². The number of nitrogens with zero attached hydrogens (tertiary/aromatic N) is 2. The van der Waals surface area contributed by atoms with E-state index in [-0.39, 0.29) is 5.82 Å². The van der Waals surface area contributed by atoms with Gasteiger partial charge >= 0.3 is 0 Å². The van der Waals surface area contributed by atoms with Gasteiger partial charge < -0.3 is 20.3 Å². The maximum absolute atomic E-state index is 13.1. The molecule has 0 unspecified atom stereocenters. The second kappa shape index (κ2) is 11.0. The molecule has 0 radical (unpaired) electrons. The van der Waals surface area contributed by atoms with E-state index in [2.05, 4.69) is 27.6 Å². The Kier molecular flexibility index (Phi) is 9.18. The Bertz CT molecular complexity index is 454. The maximum Gasteiger partial charge on any atom is 0.191 e. The van der Waals surface area contributed by atoms with E-state index in [4.69, 9.17) is 4.74 Å². The van der Waals surface area contributed by atoms with Gasteiger partial charge in [-0.3, -0.25) is 4.99 Å². The van der Waals surface area contributed by atoms with Crippen LogP contribution in [0.4, 0.5) is 4.39 Å². The molecule has 1 aromatic rings. The van der Waals surface area contributed by atoms with Crippen molar-refractivity contribution in [1.29, 1.82) is 0 Å². The minimum Gasteiger partial charge on any atom is -0.383 e. The number of hydrogen-bond acceptors (Lipinski definition) is 3. The number of ether oxygens (including phenoxy) is 1. The van der Waals surface area contributed by atoms with Crippen LogP contribution in [0.15, 0.2) is 29.3 Å². The highest BCUT2D eigenvalue weighted by Crippen LogP contribution is 2.02. The molecule has 6 heteroatoms. The van der Waals surface area contributed by atoms with Crippen molar-refractivity contribution in [2.75, 3.05) is 47.4 Å². The zero-order valence-electron chi connectivity index (χ0n) is 13.7. The van der Waals surface area contributed by atoms with Gasteiger partial charge in [-0.15, -0.1) is 0 Å². The van der Waals surface area contributed by atoms with Crippen LogP contribution in [0.25, 0.3) is 0 Å². The quantitative estimate of drug-likeness (QED) is 0.412. The summed E-state index contributed by atoms with van der Waals surface area (Å²) >= 11 is 0. The van der Waals surface area contributed by atoms with Gasteiger partial charge in [-0.1, -0.05) is 12.1 Å². The fraction of sp³-hybridized carbons (Fsp3) is 0.562. The zero-order chi connectivity index (χ0) is 16.2. The van der Waals surface area contributed by atoms with Crippen molar-refractivity contribution in [2.45, 2.75) is 13.0 Å². The molecule has 0 aliphatic rings. The third kappa shape index (κ3) is 7.95. The van der Waals surface area contributed by atoms with Crippen LogP contribution in [0, 0.1) is 5.82 Å². The summed E-state index contributed by atoms with van der Waals surface area (Å²) in [5, 5.41) is 6.43. The molecule has 0 fully saturated rings. The monoisotopic (exact) mass is 310 g/mol. The first-order valence-corrected chi connectivity index (χ1v) is 7.52. The molecule has 0 bridgehead atoms. The number of guanidine groups is 1. The van der Waals surface area contributed by atoms with E-state index in [1.165, 1.54) is 12.1 Å². The highest BCUT2D eigenvalue weighted by atomic mass is 19.1. The van der Waals surface area contributed by atoms with Gasteiger partial charge in [-0.05, 0) is 37.7 Å². The topological polar surface area (TPSA) is 48.9 Å². The lowest BCUT2D eigenvalue weighted by Crippen LogP contribution is -2.38. The van der Waals surface area contributed by atoms with Gasteiger partial charge in [-0.2, -0.15) is 0 Å². The molecular weight excluding hydrogens is 283 g/mol. The smallest absolute Gasteiger partial charge is 0.191 e. The molecule has 0 heterocycles. The molecule has 1 aromatic carbocycles. The fourth-order valence-corrected chi connectivity index (χ4v) is 1.97. The van der Waals surface area contributed by atoms with Crippen molar-refractivity contribution in [3.63, 3.8) is 0 Å². The van der Waals surface area contributed by atoms with E-state index in [9.17, 15) is 4.39 Å². The number of benzene rings is 1. The van der Waals surface area contributed by atoms with E-state index in [0.29, 0.717) is 6.54 Å². The number of aliphatic imine (C=N–C) groups is 1. The number of hydrogen-bond donors (Lipinski definition) is 2. The predicted octanol–water partition coefficient (Wildman–Crippen LogP) is 1.46. The Morgan fingerprint density at radius 2 is 2.14 bits per heavy atom. The second-order valence-corrected chi connectivity index (χ2v) is 5.13. The minimum absolute atomic E-state index is 0.221. The summed E-state index contributed by atoms with van der Waals surface area (Å²) in [6, 6.07) is 6.55. The maximum atomic E-state index is 13.1. The third-order valence-corrected chi connectivity index (χ3v) is 3.26. The first-order chi connectivity index (χ1) is 10.7. The zero-order valence-corrected chi connectivity index (χ0v) is 13.7. The van der Waals surface area contributed by atoms with Crippen LogP contribution in [0.2, 0.25) is 0 Å². The fourth-order valence-electron chi connectivity index (χ4n) is 1.97. The van der Waals surface area contributed by atoms with Gasteiger partial charge in [0.2, 0.25) is 0 Å². The molecule has 5 nitrogen and oxygen atoms in total. The Labute approximate surface area is 132 Å². The van der Waals surface area contributed by atoms with Gasteiger partial charge in [0.05, 0.1) is 6.61 Å². The molecule has 0 atom stereocenters. The van der Waals surface area contributed by atoms with E-state index in [0.717, 1.165) is 44.2 Å². The average Bonchev–Trinajstić information content (AvgIpc) is 2.52. The third-order valence-electron chi connectivity index (χ3n) is 3.26. The Morgan fingerprint density at radius 1 is 1.32 bits per heavy atom. The molecule has 2 N–H and O–H groups in total. The summed E-state index contributed by atoms with van der Waals surface area (Å²) < 4.78 is 18.1. The lowest BCUT2D eigenvalue weighted by Gasteiger charge is -2.17. The Balaban J connectivity index is 2.20. The summed E-state index contributed by atoms with van der Waals surface area (Å²) in [6.07, 6.45) is 1.01. The van der Waals surface area contributed by atoms with Gasteiger partial charge in [0.1, 0.15) is 5.82 Å². The molecule has 0 saturated heterocycles. The van der Waals surface area contributed by atoms with Crippen LogP contribution < -0.4 is 10.6 Å². The summed E-state index contributed by atoms with van der Waals surface area (Å²) in [5.74, 6) is 0.505. The Hall–Kier alpha value is -1.66. The highest BCUT2D eigenvalue weighted by molar-refractivity contribution is 5.79. The average molecular weight is 310 g/mol. The van der Waals surface area contributed by atoms with Gasteiger partial charge in [0.15, 0.2) is 5.96 Å². The van der Waals surface area contributed by atoms with Crippen LogP contribution in [0.5, 0.6) is 0 Å². The van der Waals surface area contributed by atoms with Crippen molar-refractivity contribution in [1.82, 2.24) is 15.5 Å². The van der Waals surface area contributed by atoms with Crippen LogP contribution >= 0.6 is 0 Å². The van der Waals surface area contributed by atoms with Crippen LogP contribution in [0.1, 0.15) is 12.0 Å². The summed E-state index contributed by atoms with van der Waals surface area (Å²) in [4.78, 5) is 6.39. The lowest BCUT2D eigenvalue weighted by molar-refractivity contribution is 0.161. The first kappa shape index (κ1) is 18.4. The molecule has 0 aromatic heterocycles. The van der Waals surface area contributed by atoms with Gasteiger partial charge in [0, 0.05) is 33.8 Å². The molecule has 124 valence electrons. The molecule has 0 spiro atoms. The predicted molar refractivity (Wildman–Crippen MR) is 88.6 cm³/mol. The van der Waals surface area contributed by atoms with Gasteiger partial charge in [0.25, 0.3) is 0 Å². The van der Waals surface area contributed by atoms with Crippen molar-refractivity contribution < 1.29 is 9.13 Å². The summed E-state index contributed by atoms with van der Waals surface area (Å²) in [6.45, 7) is 4.06. The van der Waals surface area contributed by atoms with Crippen LogP contribution in [0.3, 0.4) is 0 Å². The Morgan fingerprint density at radius 3 is 2.82 bits per heavy atom. The second-order valence-electron chi connectivity index (χ2n) is 5.13. The van der Waals surface area contributed by atoms with Crippen molar-refractivity contribution in [2.24, 2.45) is 4.99 Å². The van der Waals surface area contributed by atoms with Crippen LogP contribution in [-0.4, -0.2) is 58.3 Å².